The molecule has 6 heteroatoms. The standard InChI is InChI=1S/C11H12FN3O2/c1-6(13-2)15-10(16)8-4-3-7(12)5-9(8)14-11(15)17/h3-6,13H,1-2H3,(H,14,17). The maximum atomic E-state index is 13.0. The van der Waals surface area contributed by atoms with Crippen molar-refractivity contribution in [3.8, 4) is 0 Å². The Balaban J connectivity index is 2.86. The number of H-pyrrole nitrogens is 1. The molecule has 0 radical (unpaired) electrons. The molecule has 1 aromatic heterocycles. The second-order valence-electron chi connectivity index (χ2n) is 3.76. The third-order valence-corrected chi connectivity index (χ3v) is 2.70. The zero-order valence-corrected chi connectivity index (χ0v) is 9.45. The van der Waals surface area contributed by atoms with E-state index in [2.05, 4.69) is 10.3 Å². The van der Waals surface area contributed by atoms with E-state index in [0.717, 1.165) is 10.6 Å². The lowest BCUT2D eigenvalue weighted by atomic mass is 10.2. The molecule has 5 nitrogen and oxygen atoms in total. The molecule has 90 valence electrons. The molecule has 2 N–H and O–H groups in total. The Kier molecular flexibility index (Phi) is 2.81. The summed E-state index contributed by atoms with van der Waals surface area (Å²) in [6.45, 7) is 1.69. The number of fused-ring (bicyclic) bond motifs is 1. The number of aromatic nitrogens is 2. The van der Waals surface area contributed by atoms with Crippen LogP contribution in [0.1, 0.15) is 13.1 Å². The highest BCUT2D eigenvalue weighted by atomic mass is 19.1. The monoisotopic (exact) mass is 237 g/mol. The average Bonchev–Trinajstić information content (AvgIpc) is 2.28. The first-order valence-corrected chi connectivity index (χ1v) is 5.16. The molecule has 0 saturated carbocycles. The van der Waals surface area contributed by atoms with Crippen LogP contribution in [0, 0.1) is 5.82 Å². The van der Waals surface area contributed by atoms with E-state index in [4.69, 9.17) is 0 Å². The third kappa shape index (κ3) is 1.87. The molecule has 0 amide bonds. The van der Waals surface area contributed by atoms with Gasteiger partial charge in [0.15, 0.2) is 0 Å². The quantitative estimate of drug-likeness (QED) is 0.802. The Morgan fingerprint density at radius 1 is 1.41 bits per heavy atom. The highest BCUT2D eigenvalue weighted by molar-refractivity contribution is 5.77. The molecule has 0 aliphatic heterocycles. The molecule has 0 aliphatic rings. The second kappa shape index (κ2) is 4.14. The van der Waals surface area contributed by atoms with Crippen LogP contribution in [0.4, 0.5) is 4.39 Å². The molecular formula is C11H12FN3O2. The summed E-state index contributed by atoms with van der Waals surface area (Å²) in [6, 6.07) is 3.69. The molecule has 1 atom stereocenters. The van der Waals surface area contributed by atoms with Crippen molar-refractivity contribution >= 4 is 10.9 Å². The average molecular weight is 237 g/mol. The summed E-state index contributed by atoms with van der Waals surface area (Å²) >= 11 is 0. The predicted octanol–water partition coefficient (Wildman–Crippen LogP) is 0.567. The van der Waals surface area contributed by atoms with Crippen LogP contribution in [-0.2, 0) is 0 Å². The van der Waals surface area contributed by atoms with Crippen molar-refractivity contribution in [3.63, 3.8) is 0 Å². The van der Waals surface area contributed by atoms with Gasteiger partial charge in [-0.2, -0.15) is 0 Å². The van der Waals surface area contributed by atoms with Crippen LogP contribution < -0.4 is 16.6 Å². The minimum absolute atomic E-state index is 0.208. The van der Waals surface area contributed by atoms with E-state index in [0.29, 0.717) is 0 Å². The molecule has 0 aliphatic carbocycles. The van der Waals surface area contributed by atoms with Gasteiger partial charge < -0.3 is 10.3 Å². The fourth-order valence-corrected chi connectivity index (χ4v) is 1.68. The Morgan fingerprint density at radius 3 is 2.76 bits per heavy atom. The minimum atomic E-state index is -0.560. The lowest BCUT2D eigenvalue weighted by Gasteiger charge is -2.13. The van der Waals surface area contributed by atoms with Crippen molar-refractivity contribution in [2.24, 2.45) is 0 Å². The molecule has 2 rings (SSSR count). The minimum Gasteiger partial charge on any atom is -0.306 e. The Bertz CT molecular complexity index is 674. The van der Waals surface area contributed by atoms with Crippen molar-refractivity contribution in [1.29, 1.82) is 0 Å². The first-order chi connectivity index (χ1) is 8.04. The Morgan fingerprint density at radius 2 is 2.12 bits per heavy atom. The molecule has 0 saturated heterocycles. The summed E-state index contributed by atoms with van der Waals surface area (Å²) in [4.78, 5) is 26.2. The molecule has 17 heavy (non-hydrogen) atoms. The molecule has 1 heterocycles. The van der Waals surface area contributed by atoms with Crippen LogP contribution in [0.15, 0.2) is 27.8 Å². The normalized spacial score (nSPS) is 12.9. The predicted molar refractivity (Wildman–Crippen MR) is 62.6 cm³/mol. The summed E-state index contributed by atoms with van der Waals surface area (Å²) in [6.07, 6.45) is -0.430. The van der Waals surface area contributed by atoms with Gasteiger partial charge in [0, 0.05) is 0 Å². The van der Waals surface area contributed by atoms with Gasteiger partial charge in [0.05, 0.1) is 17.1 Å². The lowest BCUT2D eigenvalue weighted by molar-refractivity contribution is 0.447. The summed E-state index contributed by atoms with van der Waals surface area (Å²) in [5.41, 5.74) is -0.792. The van der Waals surface area contributed by atoms with E-state index < -0.39 is 23.2 Å². The van der Waals surface area contributed by atoms with E-state index >= 15 is 0 Å². The summed E-state index contributed by atoms with van der Waals surface area (Å²) in [5, 5.41) is 3.09. The summed E-state index contributed by atoms with van der Waals surface area (Å²) in [7, 11) is 1.64. The van der Waals surface area contributed by atoms with Gasteiger partial charge in [-0.1, -0.05) is 0 Å². The number of nitrogens with one attached hydrogen (secondary N) is 2. The topological polar surface area (TPSA) is 66.9 Å². The van der Waals surface area contributed by atoms with Gasteiger partial charge in [-0.05, 0) is 32.2 Å². The molecule has 1 unspecified atom stereocenters. The molecule has 0 spiro atoms. The number of nitrogens with zero attached hydrogens (tertiary/aromatic N) is 1. The van der Waals surface area contributed by atoms with Gasteiger partial charge in [-0.25, -0.2) is 13.8 Å². The van der Waals surface area contributed by atoms with Gasteiger partial charge in [0.2, 0.25) is 0 Å². The van der Waals surface area contributed by atoms with Crippen molar-refractivity contribution in [2.75, 3.05) is 7.05 Å². The van der Waals surface area contributed by atoms with Crippen molar-refractivity contribution in [3.05, 3.63) is 44.9 Å². The first-order valence-electron chi connectivity index (χ1n) is 5.16. The number of hydrogen-bond donors (Lipinski definition) is 2. The van der Waals surface area contributed by atoms with E-state index in [9.17, 15) is 14.0 Å². The van der Waals surface area contributed by atoms with E-state index in [1.807, 2.05) is 0 Å². The number of rotatable bonds is 2. The largest absolute Gasteiger partial charge is 0.330 e. The van der Waals surface area contributed by atoms with Gasteiger partial charge in [-0.15, -0.1) is 0 Å². The molecule has 1 aromatic carbocycles. The number of halogens is 1. The number of benzene rings is 1. The first kappa shape index (κ1) is 11.5. The smallest absolute Gasteiger partial charge is 0.306 e. The molecule has 2 aromatic rings. The van der Waals surface area contributed by atoms with Crippen LogP contribution in [0.3, 0.4) is 0 Å². The summed E-state index contributed by atoms with van der Waals surface area (Å²) in [5.74, 6) is -0.494. The fraction of sp³-hybridized carbons (Fsp3) is 0.273. The Hall–Kier alpha value is -1.95. The van der Waals surface area contributed by atoms with E-state index in [1.54, 1.807) is 14.0 Å². The zero-order valence-electron chi connectivity index (χ0n) is 9.45. The highest BCUT2D eigenvalue weighted by Gasteiger charge is 2.11. The Labute approximate surface area is 95.9 Å². The summed E-state index contributed by atoms with van der Waals surface area (Å²) < 4.78 is 14.0. The van der Waals surface area contributed by atoms with Crippen molar-refractivity contribution in [1.82, 2.24) is 14.9 Å². The SMILES string of the molecule is CNC(C)n1c(=O)[nH]c2cc(F)ccc2c1=O. The van der Waals surface area contributed by atoms with Gasteiger partial charge in [0.25, 0.3) is 5.56 Å². The maximum Gasteiger partial charge on any atom is 0.330 e. The second-order valence-corrected chi connectivity index (χ2v) is 3.76. The molecule has 0 fully saturated rings. The molecular weight excluding hydrogens is 225 g/mol. The van der Waals surface area contributed by atoms with Crippen LogP contribution in [0.25, 0.3) is 10.9 Å². The molecule has 0 bridgehead atoms. The van der Waals surface area contributed by atoms with E-state index in [1.165, 1.54) is 12.1 Å². The third-order valence-electron chi connectivity index (χ3n) is 2.70. The van der Waals surface area contributed by atoms with Gasteiger partial charge in [0.1, 0.15) is 5.82 Å². The van der Waals surface area contributed by atoms with Crippen molar-refractivity contribution in [2.45, 2.75) is 13.1 Å². The zero-order chi connectivity index (χ0) is 12.6. The maximum absolute atomic E-state index is 13.0. The van der Waals surface area contributed by atoms with Gasteiger partial charge >= 0.3 is 5.69 Å². The van der Waals surface area contributed by atoms with E-state index in [-0.39, 0.29) is 10.9 Å². The lowest BCUT2D eigenvalue weighted by Crippen LogP contribution is -2.41. The number of aromatic amines is 1. The fourth-order valence-electron chi connectivity index (χ4n) is 1.68. The number of hydrogen-bond acceptors (Lipinski definition) is 3. The van der Waals surface area contributed by atoms with Crippen LogP contribution in [-0.4, -0.2) is 16.6 Å². The van der Waals surface area contributed by atoms with Crippen LogP contribution in [0.2, 0.25) is 0 Å². The van der Waals surface area contributed by atoms with Crippen molar-refractivity contribution < 1.29 is 4.39 Å². The highest BCUT2D eigenvalue weighted by Crippen LogP contribution is 2.07. The van der Waals surface area contributed by atoms with Gasteiger partial charge in [-0.3, -0.25) is 4.79 Å². The van der Waals surface area contributed by atoms with Crippen LogP contribution in [0.5, 0.6) is 0 Å². The van der Waals surface area contributed by atoms with Crippen LogP contribution >= 0.6 is 0 Å².